The van der Waals surface area contributed by atoms with Crippen molar-refractivity contribution in [3.8, 4) is 0 Å². The molecule has 0 aliphatic heterocycles. The van der Waals surface area contributed by atoms with Gasteiger partial charge in [0.2, 0.25) is 11.1 Å². The molecule has 2 heterocycles. The van der Waals surface area contributed by atoms with Crippen molar-refractivity contribution in [1.82, 2.24) is 15.2 Å². The molecule has 0 saturated heterocycles. The number of anilines is 1. The molecule has 0 saturated carbocycles. The zero-order valence-electron chi connectivity index (χ0n) is 13.1. The number of nitro benzene ring substituents is 1. The first-order chi connectivity index (χ1) is 12.5. The number of non-ortho nitro benzene ring substituents is 1. The zero-order chi connectivity index (χ0) is 18.5. The minimum atomic E-state index is -0.745. The van der Waals surface area contributed by atoms with Crippen LogP contribution in [0.2, 0.25) is 0 Å². The molecule has 0 aliphatic rings. The molecule has 0 radical (unpaired) electrons. The summed E-state index contributed by atoms with van der Waals surface area (Å²) in [5.74, 6) is -0.637. The number of hydrogen-bond donors (Lipinski definition) is 2. The number of hydrogen-bond acceptors (Lipinski definition) is 7. The van der Waals surface area contributed by atoms with Gasteiger partial charge in [-0.05, 0) is 17.5 Å². The van der Waals surface area contributed by atoms with Crippen LogP contribution in [-0.4, -0.2) is 31.8 Å². The minimum Gasteiger partial charge on any atom is -0.323 e. The summed E-state index contributed by atoms with van der Waals surface area (Å²) in [6.45, 7) is 0. The average molecular weight is 393 g/mol. The lowest BCUT2D eigenvalue weighted by Crippen LogP contribution is -2.15. The smallest absolute Gasteiger partial charge is 0.271 e. The Bertz CT molecular complexity index is 929. The third-order valence-electron chi connectivity index (χ3n) is 3.20. The molecule has 0 fully saturated rings. The number of nitrogens with zero attached hydrogens (tertiary/aromatic N) is 3. The van der Waals surface area contributed by atoms with Gasteiger partial charge in [-0.25, -0.2) is 9.37 Å². The van der Waals surface area contributed by atoms with Crippen LogP contribution in [0.1, 0.15) is 10.7 Å². The molecule has 3 rings (SSSR count). The number of nitrogens with one attached hydrogen (secondary N) is 2. The molecular formula is C15H12FN5O3S2. The monoisotopic (exact) mass is 393 g/mol. The van der Waals surface area contributed by atoms with E-state index in [1.54, 1.807) is 11.3 Å². The van der Waals surface area contributed by atoms with Gasteiger partial charge in [0.25, 0.3) is 5.69 Å². The molecule has 1 aromatic carbocycles. The molecule has 8 nitrogen and oxygen atoms in total. The highest BCUT2D eigenvalue weighted by Gasteiger charge is 2.14. The third-order valence-corrected chi connectivity index (χ3v) is 4.92. The van der Waals surface area contributed by atoms with Crippen LogP contribution in [-0.2, 0) is 11.2 Å². The number of aromatic nitrogens is 3. The van der Waals surface area contributed by atoms with Gasteiger partial charge in [0.15, 0.2) is 0 Å². The van der Waals surface area contributed by atoms with Crippen LogP contribution >= 0.6 is 23.1 Å². The maximum absolute atomic E-state index is 13.7. The average Bonchev–Trinajstić information content (AvgIpc) is 3.27. The Morgan fingerprint density at radius 2 is 2.27 bits per heavy atom. The normalized spacial score (nSPS) is 10.7. The van der Waals surface area contributed by atoms with E-state index in [1.165, 1.54) is 0 Å². The lowest BCUT2D eigenvalue weighted by Gasteiger charge is -2.05. The first kappa shape index (κ1) is 18.0. The quantitative estimate of drug-likeness (QED) is 0.362. The number of thiophene rings is 1. The van der Waals surface area contributed by atoms with Gasteiger partial charge in [-0.3, -0.25) is 20.0 Å². The van der Waals surface area contributed by atoms with Gasteiger partial charge >= 0.3 is 0 Å². The van der Waals surface area contributed by atoms with E-state index in [-0.39, 0.29) is 17.1 Å². The van der Waals surface area contributed by atoms with Crippen molar-refractivity contribution in [2.45, 2.75) is 11.6 Å². The molecule has 0 aliphatic carbocycles. The van der Waals surface area contributed by atoms with Gasteiger partial charge in [0.1, 0.15) is 11.6 Å². The van der Waals surface area contributed by atoms with Crippen LogP contribution in [0.4, 0.5) is 15.8 Å². The Morgan fingerprint density at radius 1 is 1.42 bits per heavy atom. The lowest BCUT2D eigenvalue weighted by atomic mass is 10.2. The Kier molecular flexibility index (Phi) is 5.58. The molecule has 2 aromatic heterocycles. The number of rotatable bonds is 7. The van der Waals surface area contributed by atoms with Gasteiger partial charge < -0.3 is 5.32 Å². The molecule has 0 spiro atoms. The number of halogens is 1. The highest BCUT2D eigenvalue weighted by Crippen LogP contribution is 2.22. The van der Waals surface area contributed by atoms with Gasteiger partial charge in [0.05, 0.1) is 16.4 Å². The highest BCUT2D eigenvalue weighted by atomic mass is 32.2. The summed E-state index contributed by atoms with van der Waals surface area (Å²) in [4.78, 5) is 27.4. The Morgan fingerprint density at radius 3 is 3.00 bits per heavy atom. The van der Waals surface area contributed by atoms with E-state index in [9.17, 15) is 19.3 Å². The second kappa shape index (κ2) is 8.06. The van der Waals surface area contributed by atoms with Gasteiger partial charge in [0, 0.05) is 23.4 Å². The third kappa shape index (κ3) is 4.64. The number of carbonyl (C=O) groups is 1. The molecule has 1 amide bonds. The van der Waals surface area contributed by atoms with Crippen LogP contribution in [0.5, 0.6) is 0 Å². The standard InChI is InChI=1S/C15H12FN5O3S2/c16-11-4-3-9(21(23)24)6-12(11)17-14(22)8-26-15-18-13(19-20-15)7-10-2-1-5-25-10/h1-6H,7-8H2,(H,17,22)(H,18,19,20). The molecule has 0 atom stereocenters. The van der Waals surface area contributed by atoms with Crippen molar-refractivity contribution in [3.05, 3.63) is 62.3 Å². The Balaban J connectivity index is 1.55. The van der Waals surface area contributed by atoms with Gasteiger partial charge in [-0.1, -0.05) is 17.8 Å². The molecule has 11 heteroatoms. The summed E-state index contributed by atoms with van der Waals surface area (Å²) in [5.41, 5.74) is -0.542. The van der Waals surface area contributed by atoms with E-state index >= 15 is 0 Å². The number of nitro groups is 1. The van der Waals surface area contributed by atoms with E-state index in [1.807, 2.05) is 17.5 Å². The van der Waals surface area contributed by atoms with Crippen LogP contribution in [0.15, 0.2) is 40.9 Å². The summed E-state index contributed by atoms with van der Waals surface area (Å²) < 4.78 is 13.7. The fourth-order valence-corrected chi connectivity index (χ4v) is 3.37. The van der Waals surface area contributed by atoms with Crippen molar-refractivity contribution in [3.63, 3.8) is 0 Å². The highest BCUT2D eigenvalue weighted by molar-refractivity contribution is 7.99. The largest absolute Gasteiger partial charge is 0.323 e. The SMILES string of the molecule is O=C(CSc1n[nH]c(Cc2cccs2)n1)Nc1cc([N+](=O)[O-])ccc1F. The van der Waals surface area contributed by atoms with Crippen molar-refractivity contribution in [2.24, 2.45) is 0 Å². The lowest BCUT2D eigenvalue weighted by molar-refractivity contribution is -0.384. The molecule has 2 N–H and O–H groups in total. The van der Waals surface area contributed by atoms with E-state index in [2.05, 4.69) is 20.5 Å². The second-order valence-corrected chi connectivity index (χ2v) is 7.05. The van der Waals surface area contributed by atoms with Crippen LogP contribution in [0.25, 0.3) is 0 Å². The van der Waals surface area contributed by atoms with Crippen molar-refractivity contribution >= 4 is 40.4 Å². The number of thioether (sulfide) groups is 1. The maximum Gasteiger partial charge on any atom is 0.271 e. The predicted octanol–water partition coefficient (Wildman–Crippen LogP) is 3.24. The maximum atomic E-state index is 13.7. The van der Waals surface area contributed by atoms with Crippen LogP contribution in [0.3, 0.4) is 0 Å². The van der Waals surface area contributed by atoms with E-state index < -0.39 is 16.6 Å². The molecule has 0 bridgehead atoms. The van der Waals surface area contributed by atoms with Gasteiger partial charge in [-0.2, -0.15) is 0 Å². The van der Waals surface area contributed by atoms with Crippen LogP contribution < -0.4 is 5.32 Å². The Labute approximate surface area is 155 Å². The summed E-state index contributed by atoms with van der Waals surface area (Å²) >= 11 is 2.69. The molecule has 0 unspecified atom stereocenters. The minimum absolute atomic E-state index is 0.0571. The van der Waals surface area contributed by atoms with E-state index in [0.717, 1.165) is 34.8 Å². The number of benzene rings is 1. The van der Waals surface area contributed by atoms with Crippen LogP contribution in [0, 0.1) is 15.9 Å². The van der Waals surface area contributed by atoms with Crippen molar-refractivity contribution in [1.29, 1.82) is 0 Å². The molecular weight excluding hydrogens is 381 g/mol. The molecule has 134 valence electrons. The number of H-pyrrole nitrogens is 1. The number of amides is 1. The molecule has 3 aromatic rings. The summed E-state index contributed by atoms with van der Waals surface area (Å²) in [7, 11) is 0. The van der Waals surface area contributed by atoms with Gasteiger partial charge in [-0.15, -0.1) is 16.4 Å². The first-order valence-electron chi connectivity index (χ1n) is 7.31. The van der Waals surface area contributed by atoms with Crippen molar-refractivity contribution in [2.75, 3.05) is 11.1 Å². The second-order valence-electron chi connectivity index (χ2n) is 5.08. The van der Waals surface area contributed by atoms with Crippen molar-refractivity contribution < 1.29 is 14.1 Å². The van der Waals surface area contributed by atoms with E-state index in [4.69, 9.17) is 0 Å². The summed E-state index contributed by atoms with van der Waals surface area (Å²) in [6, 6.07) is 6.88. The topological polar surface area (TPSA) is 114 Å². The molecule has 26 heavy (non-hydrogen) atoms. The fourth-order valence-electron chi connectivity index (χ4n) is 2.04. The predicted molar refractivity (Wildman–Crippen MR) is 95.9 cm³/mol. The fraction of sp³-hybridized carbons (Fsp3) is 0.133. The first-order valence-corrected chi connectivity index (χ1v) is 9.18. The Hall–Kier alpha value is -2.79. The number of aromatic amines is 1. The number of carbonyl (C=O) groups excluding carboxylic acids is 1. The zero-order valence-corrected chi connectivity index (χ0v) is 14.8. The summed E-state index contributed by atoms with van der Waals surface area (Å²) in [6.07, 6.45) is 0.621. The summed E-state index contributed by atoms with van der Waals surface area (Å²) in [5, 5.41) is 22.2. The van der Waals surface area contributed by atoms with E-state index in [0.29, 0.717) is 17.4 Å².